The van der Waals surface area contributed by atoms with E-state index in [0.717, 1.165) is 40.5 Å². The Bertz CT molecular complexity index is 888. The van der Waals surface area contributed by atoms with E-state index in [1.165, 1.54) is 10.9 Å². The average molecular weight is 338 g/mol. The zero-order valence-corrected chi connectivity index (χ0v) is 15.6. The van der Waals surface area contributed by atoms with Gasteiger partial charge in [-0.2, -0.15) is 0 Å². The topological polar surface area (TPSA) is 35.5 Å². The van der Waals surface area contributed by atoms with Crippen LogP contribution in [0.2, 0.25) is 19.6 Å². The molecule has 3 nitrogen and oxygen atoms in total. The van der Waals surface area contributed by atoms with Crippen LogP contribution in [-0.2, 0) is 9.53 Å². The van der Waals surface area contributed by atoms with Gasteiger partial charge in [-0.15, -0.1) is 0 Å². The van der Waals surface area contributed by atoms with E-state index in [1.54, 1.807) is 7.11 Å². The predicted molar refractivity (Wildman–Crippen MR) is 99.0 cm³/mol. The zero-order valence-electron chi connectivity index (χ0n) is 14.6. The van der Waals surface area contributed by atoms with E-state index in [9.17, 15) is 4.79 Å². The minimum Gasteiger partial charge on any atom is -0.496 e. The summed E-state index contributed by atoms with van der Waals surface area (Å²) in [6.45, 7) is 7.32. The first-order valence-corrected chi connectivity index (χ1v) is 12.0. The summed E-state index contributed by atoms with van der Waals surface area (Å²) in [5.41, 5.74) is 3.45. The first-order valence-electron chi connectivity index (χ1n) is 8.49. The standard InChI is InChI=1S/C20H22O3Si/c1-22-20-17(15(11-21)24(2,3)4)13-8-6-5-7-12(13)16-14-9-10-23-19(14)18(16)20/h5-8,14,19H,9-10H2,1-4H3/t14-,19-/m1/s1. The van der Waals surface area contributed by atoms with Crippen molar-refractivity contribution in [2.24, 2.45) is 0 Å². The molecule has 0 saturated carbocycles. The highest BCUT2D eigenvalue weighted by Crippen LogP contribution is 2.60. The molecule has 1 heterocycles. The molecular formula is C20H22O3Si. The number of fused-ring (bicyclic) bond motifs is 6. The van der Waals surface area contributed by atoms with Gasteiger partial charge in [-0.1, -0.05) is 43.9 Å². The molecule has 2 aliphatic rings. The van der Waals surface area contributed by atoms with E-state index in [-0.39, 0.29) is 6.10 Å². The zero-order chi connectivity index (χ0) is 17.1. The van der Waals surface area contributed by atoms with Crippen LogP contribution in [0.5, 0.6) is 5.75 Å². The Hall–Kier alpha value is -1.87. The monoisotopic (exact) mass is 338 g/mol. The Morgan fingerprint density at radius 2 is 1.92 bits per heavy atom. The quantitative estimate of drug-likeness (QED) is 0.610. The van der Waals surface area contributed by atoms with Crippen LogP contribution < -0.4 is 4.74 Å². The average Bonchev–Trinajstić information content (AvgIpc) is 2.94. The lowest BCUT2D eigenvalue weighted by molar-refractivity contribution is 0.0862. The van der Waals surface area contributed by atoms with E-state index in [2.05, 4.69) is 43.8 Å². The maximum atomic E-state index is 11.9. The van der Waals surface area contributed by atoms with Crippen LogP contribution in [-0.4, -0.2) is 27.7 Å². The van der Waals surface area contributed by atoms with E-state index in [0.29, 0.717) is 5.92 Å². The number of rotatable bonds is 3. The largest absolute Gasteiger partial charge is 0.496 e. The van der Waals surface area contributed by atoms with E-state index >= 15 is 0 Å². The molecule has 0 radical (unpaired) electrons. The summed E-state index contributed by atoms with van der Waals surface area (Å²) in [5.74, 6) is 3.55. The number of hydrogen-bond donors (Lipinski definition) is 0. The van der Waals surface area contributed by atoms with Gasteiger partial charge in [0.1, 0.15) is 11.7 Å². The summed E-state index contributed by atoms with van der Waals surface area (Å²) in [6.07, 6.45) is 1.18. The maximum Gasteiger partial charge on any atom is 0.133 e. The molecule has 124 valence electrons. The smallest absolute Gasteiger partial charge is 0.133 e. The number of methoxy groups -OCH3 is 1. The number of carbonyl (C=O) groups excluding carboxylic acids is 1. The van der Waals surface area contributed by atoms with Crippen molar-refractivity contribution < 1.29 is 14.3 Å². The van der Waals surface area contributed by atoms with Crippen molar-refractivity contribution in [1.82, 2.24) is 0 Å². The first-order chi connectivity index (χ1) is 11.5. The Labute approximate surface area is 143 Å². The fourth-order valence-corrected chi connectivity index (χ4v) is 5.56. The predicted octanol–water partition coefficient (Wildman–Crippen LogP) is 4.50. The van der Waals surface area contributed by atoms with Crippen molar-refractivity contribution in [2.45, 2.75) is 38.1 Å². The highest BCUT2D eigenvalue weighted by atomic mass is 28.3. The van der Waals surface area contributed by atoms with Crippen LogP contribution in [0.15, 0.2) is 24.3 Å². The fourth-order valence-electron chi connectivity index (χ4n) is 4.26. The van der Waals surface area contributed by atoms with Crippen molar-refractivity contribution in [3.63, 3.8) is 0 Å². The van der Waals surface area contributed by atoms with E-state index in [4.69, 9.17) is 9.47 Å². The van der Waals surface area contributed by atoms with Gasteiger partial charge in [0, 0.05) is 28.8 Å². The molecule has 1 saturated heterocycles. The van der Waals surface area contributed by atoms with Gasteiger partial charge < -0.3 is 9.47 Å². The Kier molecular flexibility index (Phi) is 3.46. The molecule has 1 aliphatic carbocycles. The lowest BCUT2D eigenvalue weighted by atomic mass is 9.70. The normalized spacial score (nSPS) is 21.7. The van der Waals surface area contributed by atoms with Gasteiger partial charge in [-0.3, -0.25) is 0 Å². The van der Waals surface area contributed by atoms with Gasteiger partial charge >= 0.3 is 0 Å². The first kappa shape index (κ1) is 15.6. The van der Waals surface area contributed by atoms with Gasteiger partial charge in [-0.05, 0) is 22.8 Å². The minimum absolute atomic E-state index is 0.118. The molecule has 0 spiro atoms. The lowest BCUT2D eigenvalue weighted by Gasteiger charge is -2.38. The van der Waals surface area contributed by atoms with Crippen molar-refractivity contribution >= 4 is 30.0 Å². The molecule has 2 aromatic carbocycles. The van der Waals surface area contributed by atoms with Crippen LogP contribution in [0.4, 0.5) is 0 Å². The van der Waals surface area contributed by atoms with Crippen LogP contribution in [0.1, 0.15) is 35.1 Å². The van der Waals surface area contributed by atoms with Crippen molar-refractivity contribution in [3.05, 3.63) is 41.0 Å². The third kappa shape index (κ3) is 1.97. The summed E-state index contributed by atoms with van der Waals surface area (Å²) in [7, 11) is -0.173. The second-order valence-electron chi connectivity index (χ2n) is 7.69. The van der Waals surface area contributed by atoms with Gasteiger partial charge in [0.25, 0.3) is 0 Å². The van der Waals surface area contributed by atoms with E-state index in [1.807, 2.05) is 6.07 Å². The Morgan fingerprint density at radius 1 is 1.21 bits per heavy atom. The van der Waals surface area contributed by atoms with Crippen LogP contribution in [0, 0.1) is 0 Å². The molecule has 24 heavy (non-hydrogen) atoms. The van der Waals surface area contributed by atoms with Crippen LogP contribution in [0.25, 0.3) is 16.0 Å². The van der Waals surface area contributed by atoms with Crippen molar-refractivity contribution in [2.75, 3.05) is 13.7 Å². The molecule has 4 heteroatoms. The SMILES string of the molecule is COc1c2c(c3ccccc3c1C(=C=O)[Si](C)(C)C)[C@H]1CCO[C@@H]21. The summed E-state index contributed by atoms with van der Waals surface area (Å²) in [6, 6.07) is 8.37. The Balaban J connectivity index is 2.13. The summed E-state index contributed by atoms with van der Waals surface area (Å²) in [4.78, 5) is 11.9. The summed E-state index contributed by atoms with van der Waals surface area (Å²) in [5, 5.41) is 3.14. The summed E-state index contributed by atoms with van der Waals surface area (Å²) >= 11 is 0. The van der Waals surface area contributed by atoms with Gasteiger partial charge in [-0.25, -0.2) is 4.79 Å². The number of benzene rings is 2. The van der Waals surface area contributed by atoms with Crippen LogP contribution >= 0.6 is 0 Å². The molecule has 0 aromatic heterocycles. The van der Waals surface area contributed by atoms with Crippen molar-refractivity contribution in [1.29, 1.82) is 0 Å². The van der Waals surface area contributed by atoms with E-state index < -0.39 is 8.07 Å². The minimum atomic E-state index is -1.87. The molecule has 0 N–H and O–H groups in total. The molecular weight excluding hydrogens is 316 g/mol. The molecule has 4 rings (SSSR count). The number of ether oxygens (including phenoxy) is 2. The van der Waals surface area contributed by atoms with Gasteiger partial charge in [0.05, 0.1) is 21.3 Å². The highest BCUT2D eigenvalue weighted by molar-refractivity contribution is 6.95. The Morgan fingerprint density at radius 3 is 2.54 bits per heavy atom. The van der Waals surface area contributed by atoms with Crippen LogP contribution in [0.3, 0.4) is 0 Å². The lowest BCUT2D eigenvalue weighted by Crippen LogP contribution is -2.27. The molecule has 1 fully saturated rings. The number of hydrogen-bond acceptors (Lipinski definition) is 3. The third-order valence-corrected chi connectivity index (χ3v) is 7.15. The molecule has 0 bridgehead atoms. The fraction of sp³-hybridized carbons (Fsp3) is 0.400. The summed E-state index contributed by atoms with van der Waals surface area (Å²) < 4.78 is 11.8. The molecule has 2 aromatic rings. The van der Waals surface area contributed by atoms with Crippen molar-refractivity contribution in [3.8, 4) is 5.75 Å². The molecule has 0 amide bonds. The second-order valence-corrected chi connectivity index (χ2v) is 12.7. The van der Waals surface area contributed by atoms with Gasteiger partial charge in [0.2, 0.25) is 0 Å². The second kappa shape index (κ2) is 5.32. The highest BCUT2D eigenvalue weighted by Gasteiger charge is 2.47. The molecule has 1 aliphatic heterocycles. The maximum absolute atomic E-state index is 11.9. The molecule has 0 unspecified atom stereocenters. The third-order valence-electron chi connectivity index (χ3n) is 5.30. The molecule has 2 atom stereocenters. The van der Waals surface area contributed by atoms with Gasteiger partial charge in [0.15, 0.2) is 0 Å².